The van der Waals surface area contributed by atoms with Gasteiger partial charge in [0.1, 0.15) is 0 Å². The summed E-state index contributed by atoms with van der Waals surface area (Å²) in [5, 5.41) is 2.58. The van der Waals surface area contributed by atoms with Crippen molar-refractivity contribution in [1.82, 2.24) is 0 Å². The highest BCUT2D eigenvalue weighted by Gasteiger charge is 2.53. The van der Waals surface area contributed by atoms with Crippen LogP contribution in [-0.4, -0.2) is 0 Å². The van der Waals surface area contributed by atoms with Gasteiger partial charge in [0.25, 0.3) is 0 Å². The lowest BCUT2D eigenvalue weighted by atomic mass is 9.70. The summed E-state index contributed by atoms with van der Waals surface area (Å²) in [6, 6.07) is 80.7. The fourth-order valence-corrected chi connectivity index (χ4v) is 13.1. The van der Waals surface area contributed by atoms with E-state index < -0.39 is 5.41 Å². The fraction of sp³-hybridized carbons (Fsp3) is 0.108. The van der Waals surface area contributed by atoms with Crippen molar-refractivity contribution in [3.05, 3.63) is 257 Å². The molecule has 0 radical (unpaired) electrons. The van der Waals surface area contributed by atoms with Crippen molar-refractivity contribution in [2.45, 2.75) is 43.9 Å². The van der Waals surface area contributed by atoms with Crippen molar-refractivity contribution in [3.63, 3.8) is 0 Å². The maximum absolute atomic E-state index is 2.59. The molecule has 0 amide bonds. The van der Waals surface area contributed by atoms with Gasteiger partial charge in [0.05, 0.1) is 11.1 Å². The van der Waals surface area contributed by atoms with Gasteiger partial charge in [-0.25, -0.2) is 0 Å². The van der Waals surface area contributed by atoms with E-state index in [1.165, 1.54) is 122 Å². The van der Waals surface area contributed by atoms with Crippen molar-refractivity contribution in [2.24, 2.45) is 0 Å². The summed E-state index contributed by atoms with van der Waals surface area (Å²) in [7, 11) is 0. The molecule has 10 aromatic carbocycles. The van der Waals surface area contributed by atoms with Crippen LogP contribution in [0.3, 0.4) is 0 Å². The second-order valence-corrected chi connectivity index (χ2v) is 20.0. The Kier molecular flexibility index (Phi) is 7.51. The van der Waals surface area contributed by atoms with Crippen LogP contribution in [0.5, 0.6) is 0 Å². The first-order valence-corrected chi connectivity index (χ1v) is 23.5. The molecule has 10 aromatic rings. The maximum atomic E-state index is 2.59. The van der Waals surface area contributed by atoms with Crippen LogP contribution in [0.4, 0.5) is 17.1 Å². The van der Waals surface area contributed by atoms with Gasteiger partial charge in [0.15, 0.2) is 0 Å². The van der Waals surface area contributed by atoms with E-state index in [-0.39, 0.29) is 10.8 Å². The molecular formula is C65H47N. The quantitative estimate of drug-likeness (QED) is 0.171. The lowest BCUT2D eigenvalue weighted by Crippen LogP contribution is -2.26. The third-order valence-corrected chi connectivity index (χ3v) is 16.1. The first kappa shape index (κ1) is 37.6. The van der Waals surface area contributed by atoms with Crippen molar-refractivity contribution in [3.8, 4) is 55.6 Å². The Morgan fingerprint density at radius 1 is 0.303 bits per heavy atom. The Balaban J connectivity index is 1.03. The summed E-state index contributed by atoms with van der Waals surface area (Å²) in [5.74, 6) is 0. The number of anilines is 3. The summed E-state index contributed by atoms with van der Waals surface area (Å²) < 4.78 is 0. The molecule has 0 saturated carbocycles. The molecule has 1 nitrogen and oxygen atoms in total. The maximum Gasteiger partial charge on any atom is 0.0726 e. The predicted molar refractivity (Wildman–Crippen MR) is 275 cm³/mol. The summed E-state index contributed by atoms with van der Waals surface area (Å²) in [6.45, 7) is 9.61. The lowest BCUT2D eigenvalue weighted by molar-refractivity contribution is 0.660. The van der Waals surface area contributed by atoms with Gasteiger partial charge in [-0.3, -0.25) is 0 Å². The molecule has 1 atom stereocenters. The van der Waals surface area contributed by atoms with Gasteiger partial charge in [0.2, 0.25) is 0 Å². The lowest BCUT2D eigenvalue weighted by Gasteiger charge is -2.33. The predicted octanol–water partition coefficient (Wildman–Crippen LogP) is 16.9. The molecule has 0 aromatic heterocycles. The van der Waals surface area contributed by atoms with Gasteiger partial charge >= 0.3 is 0 Å². The fourth-order valence-electron chi connectivity index (χ4n) is 13.1. The van der Waals surface area contributed by atoms with Crippen molar-refractivity contribution in [2.75, 3.05) is 4.90 Å². The SMILES string of the molecule is CC1(C)c2ccccc2-c2ccc(N(c3ccc4c(c3)C(C)(C)c3cc(-c5ccccc5)ccc3-4)c3cccc4c3-c3ccccc3C43c4ccccc4-c4c3ccc3ccccc43)cc21. The normalized spacial score (nSPS) is 16.8. The number of rotatable bonds is 4. The third-order valence-electron chi connectivity index (χ3n) is 16.1. The van der Waals surface area contributed by atoms with Crippen molar-refractivity contribution < 1.29 is 0 Å². The molecule has 66 heavy (non-hydrogen) atoms. The van der Waals surface area contributed by atoms with E-state index in [9.17, 15) is 0 Å². The second kappa shape index (κ2) is 13.2. The Morgan fingerprint density at radius 2 is 0.803 bits per heavy atom. The van der Waals surface area contributed by atoms with E-state index in [2.05, 4.69) is 245 Å². The smallest absolute Gasteiger partial charge is 0.0726 e. The topological polar surface area (TPSA) is 3.24 Å². The van der Waals surface area contributed by atoms with E-state index in [1.54, 1.807) is 0 Å². The molecule has 1 heteroatoms. The molecule has 0 aliphatic heterocycles. The summed E-state index contributed by atoms with van der Waals surface area (Å²) >= 11 is 0. The Bertz CT molecular complexity index is 3720. The molecular weight excluding hydrogens is 795 g/mol. The molecule has 1 spiro atoms. The van der Waals surface area contributed by atoms with Crippen LogP contribution in [0.25, 0.3) is 66.4 Å². The first-order chi connectivity index (χ1) is 32.3. The Labute approximate surface area is 387 Å². The summed E-state index contributed by atoms with van der Waals surface area (Å²) in [6.07, 6.45) is 0. The molecule has 312 valence electrons. The number of hydrogen-bond donors (Lipinski definition) is 0. The first-order valence-electron chi connectivity index (χ1n) is 23.5. The monoisotopic (exact) mass is 841 g/mol. The molecule has 14 rings (SSSR count). The zero-order valence-corrected chi connectivity index (χ0v) is 37.7. The van der Waals surface area contributed by atoms with E-state index >= 15 is 0 Å². The van der Waals surface area contributed by atoms with Gasteiger partial charge < -0.3 is 4.90 Å². The summed E-state index contributed by atoms with van der Waals surface area (Å²) in [4.78, 5) is 2.59. The highest BCUT2D eigenvalue weighted by molar-refractivity contribution is 6.08. The number of nitrogens with zero attached hydrogens (tertiary/aromatic N) is 1. The Hall–Kier alpha value is -7.74. The van der Waals surface area contributed by atoms with Crippen LogP contribution in [0.1, 0.15) is 72.2 Å². The van der Waals surface area contributed by atoms with E-state index in [0.29, 0.717) is 0 Å². The zero-order chi connectivity index (χ0) is 44.1. The molecule has 4 aliphatic rings. The van der Waals surface area contributed by atoms with Crippen LogP contribution in [-0.2, 0) is 16.2 Å². The highest BCUT2D eigenvalue weighted by atomic mass is 15.1. The van der Waals surface area contributed by atoms with Crippen LogP contribution < -0.4 is 4.90 Å². The van der Waals surface area contributed by atoms with Gasteiger partial charge in [0, 0.05) is 27.8 Å². The second-order valence-electron chi connectivity index (χ2n) is 20.0. The minimum atomic E-state index is -0.483. The molecule has 4 aliphatic carbocycles. The van der Waals surface area contributed by atoms with E-state index in [0.717, 1.165) is 5.69 Å². The van der Waals surface area contributed by atoms with Gasteiger partial charge in [-0.05, 0) is 142 Å². The zero-order valence-electron chi connectivity index (χ0n) is 37.7. The molecule has 0 saturated heterocycles. The van der Waals surface area contributed by atoms with Crippen LogP contribution >= 0.6 is 0 Å². The highest BCUT2D eigenvalue weighted by Crippen LogP contribution is 2.66. The average Bonchev–Trinajstić information content (AvgIpc) is 3.99. The van der Waals surface area contributed by atoms with Gasteiger partial charge in [-0.2, -0.15) is 0 Å². The molecule has 0 bridgehead atoms. The molecule has 1 unspecified atom stereocenters. The number of hydrogen-bond acceptors (Lipinski definition) is 1. The van der Waals surface area contributed by atoms with Gasteiger partial charge in [-0.1, -0.05) is 204 Å². The number of benzene rings is 10. The minimum absolute atomic E-state index is 0.152. The molecule has 0 fully saturated rings. The average molecular weight is 842 g/mol. The standard InChI is InChI=1S/C65H47N/c1-63(2)52-24-13-10-21-46(52)48-34-31-43(38-58(48)63)66(44-32-35-49-47-33-29-42(40-17-6-5-7-18-40)37-57(47)64(3,4)59(49)39-44)60-28-16-27-55-62(60)51-23-12-15-26-54(51)65(55)53-25-14-11-22-50(53)61-45-20-9-8-19-41(45)30-36-56(61)65/h5-39H,1-4H3. The Morgan fingerprint density at radius 3 is 1.50 bits per heavy atom. The minimum Gasteiger partial charge on any atom is -0.310 e. The van der Waals surface area contributed by atoms with Crippen molar-refractivity contribution in [1.29, 1.82) is 0 Å². The van der Waals surface area contributed by atoms with Crippen LogP contribution in [0.15, 0.2) is 212 Å². The summed E-state index contributed by atoms with van der Waals surface area (Å²) in [5.41, 5.74) is 26.6. The van der Waals surface area contributed by atoms with Crippen LogP contribution in [0, 0.1) is 0 Å². The molecule has 0 N–H and O–H groups in total. The van der Waals surface area contributed by atoms with E-state index in [1.807, 2.05) is 0 Å². The van der Waals surface area contributed by atoms with Crippen LogP contribution in [0.2, 0.25) is 0 Å². The number of fused-ring (bicyclic) bond motifs is 18. The van der Waals surface area contributed by atoms with Gasteiger partial charge in [-0.15, -0.1) is 0 Å². The third kappa shape index (κ3) is 4.75. The largest absolute Gasteiger partial charge is 0.310 e. The van der Waals surface area contributed by atoms with Crippen molar-refractivity contribution >= 4 is 27.8 Å². The molecule has 0 heterocycles. The van der Waals surface area contributed by atoms with E-state index in [4.69, 9.17) is 0 Å².